The van der Waals surface area contributed by atoms with E-state index in [0.29, 0.717) is 15.7 Å². The van der Waals surface area contributed by atoms with Crippen LogP contribution in [0, 0.1) is 0 Å². The first-order valence-electron chi connectivity index (χ1n) is 12.2. The number of rotatable bonds is 4. The lowest BCUT2D eigenvalue weighted by Crippen LogP contribution is -2.59. The van der Waals surface area contributed by atoms with Crippen molar-refractivity contribution in [3.8, 4) is 0 Å². The van der Waals surface area contributed by atoms with E-state index in [1.54, 1.807) is 74.8 Å². The molecular formula is C26H31F3N4O4S. The van der Waals surface area contributed by atoms with E-state index in [1.165, 1.54) is 12.3 Å². The fourth-order valence-corrected chi connectivity index (χ4v) is 6.12. The number of aromatic nitrogens is 2. The van der Waals surface area contributed by atoms with Crippen LogP contribution in [0.2, 0.25) is 0 Å². The van der Waals surface area contributed by atoms with Gasteiger partial charge in [0.1, 0.15) is 11.4 Å². The van der Waals surface area contributed by atoms with Gasteiger partial charge in [-0.25, -0.2) is 22.2 Å². The molecule has 12 heteroatoms. The third-order valence-corrected chi connectivity index (χ3v) is 7.94. The number of benzene rings is 1. The molecule has 3 heterocycles. The summed E-state index contributed by atoms with van der Waals surface area (Å²) in [4.78, 5) is 20.2. The van der Waals surface area contributed by atoms with E-state index in [-0.39, 0.29) is 29.8 Å². The van der Waals surface area contributed by atoms with Gasteiger partial charge < -0.3 is 14.5 Å². The van der Waals surface area contributed by atoms with Gasteiger partial charge in [-0.1, -0.05) is 30.3 Å². The molecule has 0 N–H and O–H groups in total. The number of halogens is 3. The molecule has 0 aliphatic carbocycles. The number of piperazine rings is 1. The van der Waals surface area contributed by atoms with Gasteiger partial charge >= 0.3 is 12.3 Å². The van der Waals surface area contributed by atoms with E-state index in [1.807, 2.05) is 0 Å². The van der Waals surface area contributed by atoms with Crippen LogP contribution in [0.25, 0.3) is 10.9 Å². The predicted octanol–water partition coefficient (Wildman–Crippen LogP) is 5.27. The number of pyridine rings is 1. The van der Waals surface area contributed by atoms with Gasteiger partial charge in [0, 0.05) is 37.6 Å². The van der Waals surface area contributed by atoms with Crippen LogP contribution in [0.1, 0.15) is 45.7 Å². The highest BCUT2D eigenvalue weighted by Crippen LogP contribution is 2.41. The first-order chi connectivity index (χ1) is 17.6. The average Bonchev–Trinajstić information content (AvgIpc) is 3.21. The molecule has 0 saturated carbocycles. The number of carbonyl (C=O) groups is 1. The Hall–Kier alpha value is -3.28. The van der Waals surface area contributed by atoms with Crippen molar-refractivity contribution in [2.24, 2.45) is 0 Å². The van der Waals surface area contributed by atoms with Crippen LogP contribution < -0.4 is 4.90 Å². The maximum absolute atomic E-state index is 14.3. The number of amides is 1. The van der Waals surface area contributed by atoms with Gasteiger partial charge in [0.05, 0.1) is 22.2 Å². The molecule has 1 aromatic carbocycles. The molecule has 0 bridgehead atoms. The minimum Gasteiger partial charge on any atom is -0.444 e. The Balaban J connectivity index is 1.77. The zero-order valence-electron chi connectivity index (χ0n) is 21.9. The lowest BCUT2D eigenvalue weighted by atomic mass is 10.1. The Morgan fingerprint density at radius 3 is 2.32 bits per heavy atom. The summed E-state index contributed by atoms with van der Waals surface area (Å²) in [5.41, 5.74) is -1.42. The highest BCUT2D eigenvalue weighted by molar-refractivity contribution is 7.89. The van der Waals surface area contributed by atoms with E-state index < -0.39 is 51.3 Å². The van der Waals surface area contributed by atoms with Gasteiger partial charge in [0.2, 0.25) is 10.0 Å². The molecular weight excluding hydrogens is 521 g/mol. The highest BCUT2D eigenvalue weighted by atomic mass is 32.2. The third kappa shape index (κ3) is 5.59. The molecule has 1 fully saturated rings. The second-order valence-corrected chi connectivity index (χ2v) is 12.4. The summed E-state index contributed by atoms with van der Waals surface area (Å²) in [5, 5.41) is -0.290. The number of ether oxygens (including phenoxy) is 1. The molecule has 38 heavy (non-hydrogen) atoms. The summed E-state index contributed by atoms with van der Waals surface area (Å²) in [5.74, 6) is -0.444. The van der Waals surface area contributed by atoms with Crippen molar-refractivity contribution in [1.29, 1.82) is 0 Å². The van der Waals surface area contributed by atoms with Crippen molar-refractivity contribution in [3.05, 3.63) is 59.9 Å². The molecule has 1 aliphatic heterocycles. The number of alkyl halides is 3. The van der Waals surface area contributed by atoms with Gasteiger partial charge in [0.25, 0.3) is 0 Å². The van der Waals surface area contributed by atoms with Crippen LogP contribution in [0.5, 0.6) is 0 Å². The number of hydrogen-bond donors (Lipinski definition) is 0. The molecule has 1 amide bonds. The molecule has 8 nitrogen and oxygen atoms in total. The number of anilines is 1. The summed E-state index contributed by atoms with van der Waals surface area (Å²) >= 11 is 0. The highest BCUT2D eigenvalue weighted by Gasteiger charge is 2.41. The quantitative estimate of drug-likeness (QED) is 0.439. The summed E-state index contributed by atoms with van der Waals surface area (Å²) in [6.07, 6.45) is -3.38. The van der Waals surface area contributed by atoms with E-state index in [0.717, 1.165) is 0 Å². The van der Waals surface area contributed by atoms with Crippen LogP contribution in [-0.2, 0) is 26.7 Å². The molecule has 4 rings (SSSR count). The van der Waals surface area contributed by atoms with E-state index in [2.05, 4.69) is 4.98 Å². The number of nitrogens with zero attached hydrogens (tertiary/aromatic N) is 4. The van der Waals surface area contributed by atoms with Gasteiger partial charge in [-0.3, -0.25) is 0 Å². The SMILES string of the molecule is C[C@@H]1CN(c2nccc3c2c(C(F)(F)F)cn3S(=O)(=O)Cc2ccccc2)[C@@H](C)CN1C(=O)OC(C)(C)C. The van der Waals surface area contributed by atoms with Crippen LogP contribution in [-0.4, -0.2) is 59.1 Å². The molecule has 0 spiro atoms. The van der Waals surface area contributed by atoms with Crippen LogP contribution in [0.3, 0.4) is 0 Å². The molecule has 3 aromatic rings. The van der Waals surface area contributed by atoms with E-state index >= 15 is 0 Å². The van der Waals surface area contributed by atoms with Gasteiger partial charge in [-0.05, 0) is 46.2 Å². The molecule has 1 aliphatic rings. The minimum atomic E-state index is -4.82. The Labute approximate surface area is 220 Å². The third-order valence-electron chi connectivity index (χ3n) is 6.35. The topological polar surface area (TPSA) is 84.7 Å². The standard InChI is InChI=1S/C26H31F3N4O4S/c1-17-14-32(24(34)37-25(3,4)5)18(2)13-31(17)23-22-20(26(27,28)29)15-33(21(22)11-12-30-23)38(35,36)16-19-9-7-6-8-10-19/h6-12,15,17-18H,13-14,16H2,1-5H3/t17-,18+/m0/s1. The summed E-state index contributed by atoms with van der Waals surface area (Å²) in [6.45, 7) is 9.22. The van der Waals surface area contributed by atoms with Gasteiger partial charge in [0.15, 0.2) is 0 Å². The van der Waals surface area contributed by atoms with Crippen molar-refractivity contribution in [1.82, 2.24) is 13.9 Å². The second kappa shape index (κ2) is 9.79. The normalized spacial score (nSPS) is 19.2. The summed E-state index contributed by atoms with van der Waals surface area (Å²) < 4.78 is 75.6. The maximum atomic E-state index is 14.3. The molecule has 1 saturated heterocycles. The number of carbonyl (C=O) groups excluding carboxylic acids is 1. The minimum absolute atomic E-state index is 0.0201. The maximum Gasteiger partial charge on any atom is 0.418 e. The van der Waals surface area contributed by atoms with Crippen molar-refractivity contribution >= 4 is 32.8 Å². The van der Waals surface area contributed by atoms with Crippen molar-refractivity contribution in [2.75, 3.05) is 18.0 Å². The van der Waals surface area contributed by atoms with Gasteiger partial charge in [-0.2, -0.15) is 13.2 Å². The first-order valence-corrected chi connectivity index (χ1v) is 13.8. The molecule has 206 valence electrons. The second-order valence-electron chi connectivity index (χ2n) is 10.6. The largest absolute Gasteiger partial charge is 0.444 e. The van der Waals surface area contributed by atoms with Crippen molar-refractivity contribution in [2.45, 2.75) is 64.2 Å². The number of hydrogen-bond acceptors (Lipinski definition) is 6. The van der Waals surface area contributed by atoms with Crippen molar-refractivity contribution < 1.29 is 31.1 Å². The van der Waals surface area contributed by atoms with E-state index in [9.17, 15) is 26.4 Å². The first kappa shape index (κ1) is 27.7. The summed E-state index contributed by atoms with van der Waals surface area (Å²) in [6, 6.07) is 8.75. The zero-order valence-corrected chi connectivity index (χ0v) is 22.7. The fraction of sp³-hybridized carbons (Fsp3) is 0.462. The molecule has 2 atom stereocenters. The smallest absolute Gasteiger partial charge is 0.418 e. The lowest BCUT2D eigenvalue weighted by molar-refractivity contribution is -0.136. The Kier molecular flexibility index (Phi) is 7.15. The van der Waals surface area contributed by atoms with Crippen molar-refractivity contribution in [3.63, 3.8) is 0 Å². The Morgan fingerprint density at radius 2 is 1.71 bits per heavy atom. The number of fused-ring (bicyclic) bond motifs is 1. The van der Waals surface area contributed by atoms with E-state index in [4.69, 9.17) is 4.74 Å². The molecule has 0 unspecified atom stereocenters. The molecule has 2 aromatic heterocycles. The molecule has 0 radical (unpaired) electrons. The fourth-order valence-electron chi connectivity index (χ4n) is 4.65. The van der Waals surface area contributed by atoms with Crippen LogP contribution >= 0.6 is 0 Å². The van der Waals surface area contributed by atoms with Crippen LogP contribution in [0.4, 0.5) is 23.8 Å². The summed E-state index contributed by atoms with van der Waals surface area (Å²) in [7, 11) is -4.19. The van der Waals surface area contributed by atoms with Gasteiger partial charge in [-0.15, -0.1) is 0 Å². The Morgan fingerprint density at radius 1 is 1.05 bits per heavy atom. The zero-order chi connectivity index (χ0) is 28.0. The predicted molar refractivity (Wildman–Crippen MR) is 138 cm³/mol. The lowest BCUT2D eigenvalue weighted by Gasteiger charge is -2.44. The average molecular weight is 553 g/mol. The van der Waals surface area contributed by atoms with Crippen LogP contribution in [0.15, 0.2) is 48.8 Å². The Bertz CT molecular complexity index is 1430. The monoisotopic (exact) mass is 552 g/mol.